The number of rotatable bonds is 13. The van der Waals surface area contributed by atoms with Crippen molar-refractivity contribution in [2.45, 2.75) is 83.3 Å². The number of methoxy groups -OCH3 is 1. The van der Waals surface area contributed by atoms with Crippen molar-refractivity contribution in [2.24, 2.45) is 0 Å². The molecule has 25 heavy (non-hydrogen) atoms. The Morgan fingerprint density at radius 1 is 1.32 bits per heavy atom. The van der Waals surface area contributed by atoms with E-state index < -0.39 is 0 Å². The van der Waals surface area contributed by atoms with Gasteiger partial charge in [0.2, 0.25) is 0 Å². The number of carbonyl (C=O) groups is 2. The summed E-state index contributed by atoms with van der Waals surface area (Å²) in [6.45, 7) is 3.76. The molecule has 0 aromatic carbocycles. The Labute approximate surface area is 152 Å². The van der Waals surface area contributed by atoms with Crippen LogP contribution in [0.25, 0.3) is 0 Å². The monoisotopic (exact) mass is 353 g/mol. The van der Waals surface area contributed by atoms with Crippen LogP contribution in [0.3, 0.4) is 0 Å². The van der Waals surface area contributed by atoms with Gasteiger partial charge in [0.15, 0.2) is 5.78 Å². The van der Waals surface area contributed by atoms with Crippen molar-refractivity contribution in [3.63, 3.8) is 0 Å². The van der Waals surface area contributed by atoms with Gasteiger partial charge in [-0.3, -0.25) is 14.5 Å². The molecule has 5 nitrogen and oxygen atoms in total. The molecule has 1 N–H and O–H groups in total. The SMILES string of the molecule is CCCCCC(O)CCN1CCC(=O)C1CC=CCCCC(=O)OC. The summed E-state index contributed by atoms with van der Waals surface area (Å²) in [6, 6.07) is -0.0419. The van der Waals surface area contributed by atoms with Crippen LogP contribution in [0.4, 0.5) is 0 Å². The first kappa shape index (κ1) is 21.8. The number of allylic oxidation sites excluding steroid dienone is 1. The summed E-state index contributed by atoms with van der Waals surface area (Å²) >= 11 is 0. The van der Waals surface area contributed by atoms with E-state index in [1.807, 2.05) is 6.08 Å². The van der Waals surface area contributed by atoms with Crippen LogP contribution in [0, 0.1) is 0 Å². The van der Waals surface area contributed by atoms with Crippen molar-refractivity contribution in [3.8, 4) is 0 Å². The van der Waals surface area contributed by atoms with E-state index in [0.29, 0.717) is 18.6 Å². The third-order valence-corrected chi connectivity index (χ3v) is 4.85. The molecule has 0 aromatic heterocycles. The average molecular weight is 354 g/mol. The molecular weight excluding hydrogens is 318 g/mol. The summed E-state index contributed by atoms with van der Waals surface area (Å²) in [5, 5.41) is 10.1. The maximum atomic E-state index is 12.1. The minimum atomic E-state index is -0.253. The second-order valence-corrected chi connectivity index (χ2v) is 6.88. The smallest absolute Gasteiger partial charge is 0.305 e. The van der Waals surface area contributed by atoms with Gasteiger partial charge in [0.25, 0.3) is 0 Å². The zero-order valence-corrected chi connectivity index (χ0v) is 15.9. The van der Waals surface area contributed by atoms with E-state index in [1.165, 1.54) is 20.0 Å². The first-order valence-electron chi connectivity index (χ1n) is 9.75. The molecule has 1 aliphatic rings. The Kier molecular flexibility index (Phi) is 11.4. The first-order valence-corrected chi connectivity index (χ1v) is 9.75. The minimum Gasteiger partial charge on any atom is -0.469 e. The van der Waals surface area contributed by atoms with E-state index in [-0.39, 0.29) is 18.1 Å². The van der Waals surface area contributed by atoms with Crippen LogP contribution >= 0.6 is 0 Å². The van der Waals surface area contributed by atoms with Gasteiger partial charge in [0.05, 0.1) is 19.3 Å². The van der Waals surface area contributed by atoms with Crippen molar-refractivity contribution in [2.75, 3.05) is 20.2 Å². The number of esters is 1. The third kappa shape index (κ3) is 9.17. The molecule has 0 aromatic rings. The molecule has 0 amide bonds. The van der Waals surface area contributed by atoms with Gasteiger partial charge in [-0.1, -0.05) is 38.3 Å². The predicted molar refractivity (Wildman–Crippen MR) is 99.4 cm³/mol. The fourth-order valence-corrected chi connectivity index (χ4v) is 3.23. The molecule has 1 rings (SSSR count). The van der Waals surface area contributed by atoms with E-state index in [2.05, 4.69) is 22.6 Å². The van der Waals surface area contributed by atoms with Crippen LogP contribution in [0.2, 0.25) is 0 Å². The Morgan fingerprint density at radius 3 is 2.84 bits per heavy atom. The fourth-order valence-electron chi connectivity index (χ4n) is 3.23. The van der Waals surface area contributed by atoms with Crippen LogP contribution in [0.15, 0.2) is 12.2 Å². The van der Waals surface area contributed by atoms with Crippen LogP contribution < -0.4 is 0 Å². The summed E-state index contributed by atoms with van der Waals surface area (Å²) in [5.74, 6) is 0.128. The molecule has 5 heteroatoms. The zero-order chi connectivity index (χ0) is 18.5. The highest BCUT2D eigenvalue weighted by molar-refractivity contribution is 5.86. The van der Waals surface area contributed by atoms with E-state index in [1.54, 1.807) is 0 Å². The molecule has 1 heterocycles. The Balaban J connectivity index is 2.26. The highest BCUT2D eigenvalue weighted by Crippen LogP contribution is 2.19. The Morgan fingerprint density at radius 2 is 2.12 bits per heavy atom. The number of hydrogen-bond acceptors (Lipinski definition) is 5. The van der Waals surface area contributed by atoms with Crippen molar-refractivity contribution in [1.29, 1.82) is 0 Å². The maximum Gasteiger partial charge on any atom is 0.305 e. The van der Waals surface area contributed by atoms with Gasteiger partial charge in [-0.25, -0.2) is 0 Å². The number of likely N-dealkylation sites (tertiary alicyclic amines) is 1. The minimum absolute atomic E-state index is 0.0419. The maximum absolute atomic E-state index is 12.1. The highest BCUT2D eigenvalue weighted by atomic mass is 16.5. The number of ketones is 1. The lowest BCUT2D eigenvalue weighted by molar-refractivity contribution is -0.140. The van der Waals surface area contributed by atoms with E-state index in [0.717, 1.165) is 51.6 Å². The van der Waals surface area contributed by atoms with Crippen molar-refractivity contribution >= 4 is 11.8 Å². The molecule has 1 aliphatic heterocycles. The molecule has 0 radical (unpaired) electrons. The summed E-state index contributed by atoms with van der Waals surface area (Å²) in [5.41, 5.74) is 0. The van der Waals surface area contributed by atoms with E-state index in [4.69, 9.17) is 0 Å². The van der Waals surface area contributed by atoms with Gasteiger partial charge in [0.1, 0.15) is 0 Å². The van der Waals surface area contributed by atoms with Crippen LogP contribution in [-0.4, -0.2) is 54.1 Å². The third-order valence-electron chi connectivity index (χ3n) is 4.85. The lowest BCUT2D eigenvalue weighted by Crippen LogP contribution is -2.34. The molecule has 0 saturated carbocycles. The summed E-state index contributed by atoms with van der Waals surface area (Å²) in [7, 11) is 1.40. The molecule has 2 unspecified atom stereocenters. The van der Waals surface area contributed by atoms with Gasteiger partial charge in [0, 0.05) is 25.9 Å². The van der Waals surface area contributed by atoms with Crippen molar-refractivity contribution < 1.29 is 19.4 Å². The normalized spacial score (nSPS) is 19.6. The second-order valence-electron chi connectivity index (χ2n) is 6.88. The Hall–Kier alpha value is -1.20. The van der Waals surface area contributed by atoms with Gasteiger partial charge >= 0.3 is 5.97 Å². The van der Waals surface area contributed by atoms with Gasteiger partial charge in [-0.15, -0.1) is 0 Å². The van der Waals surface area contributed by atoms with Crippen LogP contribution in [0.5, 0.6) is 0 Å². The number of Topliss-reactive ketones (excluding diaryl/α,β-unsaturated/α-hetero) is 1. The zero-order valence-electron chi connectivity index (χ0n) is 15.9. The standard InChI is InChI=1S/C20H35NO4/c1-3-4-7-10-17(22)13-15-21-16-14-19(23)18(21)11-8-5-6-9-12-20(24)25-2/h5,8,17-18,22H,3-4,6-7,9-16H2,1-2H3. The fraction of sp³-hybridized carbons (Fsp3) is 0.800. The topological polar surface area (TPSA) is 66.8 Å². The largest absolute Gasteiger partial charge is 0.469 e. The predicted octanol–water partition coefficient (Wildman–Crippen LogP) is 3.25. The lowest BCUT2D eigenvalue weighted by Gasteiger charge is -2.23. The molecule has 0 bridgehead atoms. The lowest BCUT2D eigenvalue weighted by atomic mass is 10.1. The molecule has 0 spiro atoms. The molecule has 2 atom stereocenters. The second kappa shape index (κ2) is 13.1. The van der Waals surface area contributed by atoms with Gasteiger partial charge in [-0.2, -0.15) is 0 Å². The van der Waals surface area contributed by atoms with Gasteiger partial charge in [-0.05, 0) is 32.1 Å². The first-order chi connectivity index (χ1) is 12.1. The highest BCUT2D eigenvalue weighted by Gasteiger charge is 2.31. The van der Waals surface area contributed by atoms with Crippen LogP contribution in [0.1, 0.15) is 71.1 Å². The molecule has 144 valence electrons. The average Bonchev–Trinajstić information content (AvgIpc) is 2.96. The quantitative estimate of drug-likeness (QED) is 0.313. The number of aliphatic hydroxyl groups is 1. The summed E-state index contributed by atoms with van der Waals surface area (Å²) in [4.78, 5) is 25.3. The Bertz CT molecular complexity index is 422. The molecular formula is C20H35NO4. The van der Waals surface area contributed by atoms with Gasteiger partial charge < -0.3 is 9.84 Å². The molecule has 0 aliphatic carbocycles. The number of unbranched alkanes of at least 4 members (excludes halogenated alkanes) is 3. The number of carbonyl (C=O) groups excluding carboxylic acids is 2. The number of hydrogen-bond donors (Lipinski definition) is 1. The van der Waals surface area contributed by atoms with Crippen LogP contribution in [-0.2, 0) is 14.3 Å². The number of aliphatic hydroxyl groups excluding tert-OH is 1. The van der Waals surface area contributed by atoms with E-state index in [9.17, 15) is 14.7 Å². The molecule has 1 saturated heterocycles. The number of ether oxygens (including phenoxy) is 1. The number of nitrogens with zero attached hydrogens (tertiary/aromatic N) is 1. The van der Waals surface area contributed by atoms with Crippen molar-refractivity contribution in [1.82, 2.24) is 4.90 Å². The van der Waals surface area contributed by atoms with E-state index >= 15 is 0 Å². The molecule has 1 fully saturated rings. The summed E-state index contributed by atoms with van der Waals surface area (Å²) in [6.07, 6.45) is 12.2. The van der Waals surface area contributed by atoms with Crippen molar-refractivity contribution in [3.05, 3.63) is 12.2 Å². The summed E-state index contributed by atoms with van der Waals surface area (Å²) < 4.78 is 4.61.